The van der Waals surface area contributed by atoms with E-state index in [1.54, 1.807) is 6.92 Å². The topological polar surface area (TPSA) is 90.1 Å². The Morgan fingerprint density at radius 2 is 2.32 bits per heavy atom. The van der Waals surface area contributed by atoms with Gasteiger partial charge in [0.05, 0.1) is 11.3 Å². The van der Waals surface area contributed by atoms with E-state index in [0.29, 0.717) is 6.54 Å². The van der Waals surface area contributed by atoms with Gasteiger partial charge >= 0.3 is 5.82 Å². The summed E-state index contributed by atoms with van der Waals surface area (Å²) >= 11 is 5.68. The molecule has 106 valence electrons. The molecule has 8 heteroatoms. The maximum absolute atomic E-state index is 11.8. The Morgan fingerprint density at radius 1 is 1.63 bits per heavy atom. The van der Waals surface area contributed by atoms with E-state index in [1.165, 1.54) is 10.9 Å². The zero-order valence-corrected chi connectivity index (χ0v) is 11.7. The third kappa shape index (κ3) is 4.20. The van der Waals surface area contributed by atoms with Crippen LogP contribution in [0.1, 0.15) is 39.2 Å². The fourth-order valence-corrected chi connectivity index (χ4v) is 1.74. The van der Waals surface area contributed by atoms with Crippen molar-refractivity contribution >= 4 is 23.3 Å². The maximum atomic E-state index is 11.8. The van der Waals surface area contributed by atoms with E-state index in [1.807, 2.05) is 0 Å². The van der Waals surface area contributed by atoms with E-state index in [4.69, 9.17) is 11.6 Å². The molecule has 0 aliphatic rings. The molecule has 1 aromatic heterocycles. The number of nitrogens with zero attached hydrogens (tertiary/aromatic N) is 3. The zero-order valence-electron chi connectivity index (χ0n) is 10.9. The van der Waals surface area contributed by atoms with E-state index in [0.717, 1.165) is 19.3 Å². The second-order valence-corrected chi connectivity index (χ2v) is 4.62. The van der Waals surface area contributed by atoms with Gasteiger partial charge in [0.2, 0.25) is 5.91 Å². The van der Waals surface area contributed by atoms with Crippen molar-refractivity contribution in [3.05, 3.63) is 21.3 Å². The molecule has 1 N–H and O–H groups in total. The van der Waals surface area contributed by atoms with Gasteiger partial charge in [0, 0.05) is 6.54 Å². The number of rotatable bonds is 7. The third-order valence-electron chi connectivity index (χ3n) is 2.70. The molecule has 1 heterocycles. The lowest BCUT2D eigenvalue weighted by molar-refractivity contribution is -0.389. The molecule has 1 rings (SSSR count). The number of nitro groups is 1. The van der Waals surface area contributed by atoms with Gasteiger partial charge in [-0.25, -0.2) is 0 Å². The monoisotopic (exact) mass is 288 g/mol. The first kappa shape index (κ1) is 15.4. The van der Waals surface area contributed by atoms with Gasteiger partial charge in [-0.2, -0.15) is 4.68 Å². The predicted octanol–water partition coefficient (Wildman–Crippen LogP) is 2.31. The molecule has 1 unspecified atom stereocenters. The van der Waals surface area contributed by atoms with Crippen LogP contribution in [0.15, 0.2) is 6.20 Å². The number of aromatic nitrogens is 2. The molecule has 1 aromatic rings. The van der Waals surface area contributed by atoms with Crippen molar-refractivity contribution in [3.8, 4) is 0 Å². The number of hydrogen-bond donors (Lipinski definition) is 1. The zero-order chi connectivity index (χ0) is 14.4. The molecule has 0 aliphatic carbocycles. The van der Waals surface area contributed by atoms with Crippen LogP contribution in [0, 0.1) is 10.1 Å². The Bertz CT molecular complexity index is 461. The fraction of sp³-hybridized carbons (Fsp3) is 0.636. The molecular weight excluding hydrogens is 272 g/mol. The summed E-state index contributed by atoms with van der Waals surface area (Å²) in [6.07, 6.45) is 4.32. The van der Waals surface area contributed by atoms with Crippen molar-refractivity contribution in [1.82, 2.24) is 15.1 Å². The summed E-state index contributed by atoms with van der Waals surface area (Å²) in [6.45, 7) is 4.28. The number of hydrogen-bond acceptors (Lipinski definition) is 4. The highest BCUT2D eigenvalue weighted by Gasteiger charge is 2.25. The summed E-state index contributed by atoms with van der Waals surface area (Å²) in [7, 11) is 0. The molecule has 0 radical (unpaired) electrons. The Kier molecular flexibility index (Phi) is 5.75. The van der Waals surface area contributed by atoms with Crippen molar-refractivity contribution in [2.75, 3.05) is 6.54 Å². The molecule has 0 bridgehead atoms. The lowest BCUT2D eigenvalue weighted by Crippen LogP contribution is -2.32. The van der Waals surface area contributed by atoms with Crippen LogP contribution in [-0.2, 0) is 4.79 Å². The van der Waals surface area contributed by atoms with Crippen molar-refractivity contribution in [2.45, 2.75) is 39.2 Å². The highest BCUT2D eigenvalue weighted by Crippen LogP contribution is 2.23. The highest BCUT2D eigenvalue weighted by atomic mass is 35.5. The standard InChI is InChI=1S/C11H17ClN4O3/c1-3-4-5-6-13-11(17)8(2)15-7-9(12)10(14-15)16(18)19/h7-8H,3-6H2,1-2H3,(H,13,17). The van der Waals surface area contributed by atoms with Crippen LogP contribution in [0.2, 0.25) is 5.02 Å². The summed E-state index contributed by atoms with van der Waals surface area (Å²) < 4.78 is 1.20. The number of amides is 1. The normalized spacial score (nSPS) is 12.2. The average Bonchev–Trinajstić information content (AvgIpc) is 2.75. The number of halogens is 1. The number of carbonyl (C=O) groups excluding carboxylic acids is 1. The Labute approximate surface area is 116 Å². The molecule has 19 heavy (non-hydrogen) atoms. The second kappa shape index (κ2) is 7.08. The van der Waals surface area contributed by atoms with Crippen LogP contribution < -0.4 is 5.32 Å². The van der Waals surface area contributed by atoms with E-state index in [-0.39, 0.29) is 10.9 Å². The Balaban J connectivity index is 2.61. The summed E-state index contributed by atoms with van der Waals surface area (Å²) in [6, 6.07) is -0.632. The van der Waals surface area contributed by atoms with Gasteiger partial charge in [-0.3, -0.25) is 4.79 Å². The van der Waals surface area contributed by atoms with Gasteiger partial charge in [0.1, 0.15) is 6.04 Å². The van der Waals surface area contributed by atoms with Crippen LogP contribution in [0.25, 0.3) is 0 Å². The van der Waals surface area contributed by atoms with Crippen LogP contribution in [0.4, 0.5) is 5.82 Å². The van der Waals surface area contributed by atoms with E-state index < -0.39 is 16.8 Å². The lowest BCUT2D eigenvalue weighted by atomic mass is 10.2. The van der Waals surface area contributed by atoms with Crippen molar-refractivity contribution in [3.63, 3.8) is 0 Å². The molecule has 0 spiro atoms. The summed E-state index contributed by atoms with van der Waals surface area (Å²) in [5.41, 5.74) is 0. The quantitative estimate of drug-likeness (QED) is 0.473. The number of carbonyl (C=O) groups is 1. The van der Waals surface area contributed by atoms with Gasteiger partial charge in [0.25, 0.3) is 0 Å². The molecule has 1 amide bonds. The fourth-order valence-electron chi connectivity index (χ4n) is 1.54. The largest absolute Gasteiger partial charge is 0.408 e. The minimum atomic E-state index is -0.676. The minimum absolute atomic E-state index is 0.0735. The SMILES string of the molecule is CCCCCNC(=O)C(C)n1cc(Cl)c([N+](=O)[O-])n1. The molecule has 0 fully saturated rings. The van der Waals surface area contributed by atoms with E-state index >= 15 is 0 Å². The van der Waals surface area contributed by atoms with Gasteiger partial charge in [-0.15, -0.1) is 0 Å². The first-order valence-electron chi connectivity index (χ1n) is 6.14. The Hall–Kier alpha value is -1.63. The summed E-state index contributed by atoms with van der Waals surface area (Å²) in [4.78, 5) is 21.8. The molecule has 7 nitrogen and oxygen atoms in total. The smallest absolute Gasteiger partial charge is 0.358 e. The third-order valence-corrected chi connectivity index (χ3v) is 2.96. The van der Waals surface area contributed by atoms with Gasteiger partial charge in [-0.05, 0) is 18.3 Å². The van der Waals surface area contributed by atoms with Crippen LogP contribution in [0.5, 0.6) is 0 Å². The number of nitrogens with one attached hydrogen (secondary N) is 1. The molecule has 0 saturated carbocycles. The van der Waals surface area contributed by atoms with Crippen LogP contribution in [-0.4, -0.2) is 27.2 Å². The van der Waals surface area contributed by atoms with E-state index in [9.17, 15) is 14.9 Å². The second-order valence-electron chi connectivity index (χ2n) is 4.21. The Morgan fingerprint density at radius 3 is 2.84 bits per heavy atom. The van der Waals surface area contributed by atoms with Gasteiger partial charge < -0.3 is 15.4 Å². The minimum Gasteiger partial charge on any atom is -0.358 e. The van der Waals surface area contributed by atoms with Crippen LogP contribution in [0.3, 0.4) is 0 Å². The number of unbranched alkanes of at least 4 members (excludes halogenated alkanes) is 2. The molecule has 0 aliphatic heterocycles. The first-order chi connectivity index (χ1) is 8.97. The van der Waals surface area contributed by atoms with Crippen LogP contribution >= 0.6 is 11.6 Å². The maximum Gasteiger partial charge on any atom is 0.408 e. The molecular formula is C11H17ClN4O3. The lowest BCUT2D eigenvalue weighted by Gasteiger charge is -2.09. The van der Waals surface area contributed by atoms with Gasteiger partial charge in [0.15, 0.2) is 5.02 Å². The van der Waals surface area contributed by atoms with Crippen molar-refractivity contribution in [1.29, 1.82) is 0 Å². The summed E-state index contributed by atoms with van der Waals surface area (Å²) in [5, 5.41) is 17.0. The highest BCUT2D eigenvalue weighted by molar-refractivity contribution is 6.32. The average molecular weight is 289 g/mol. The molecule has 0 aromatic carbocycles. The molecule has 0 saturated heterocycles. The summed E-state index contributed by atoms with van der Waals surface area (Å²) in [5.74, 6) is -0.669. The van der Waals surface area contributed by atoms with Gasteiger partial charge in [-0.1, -0.05) is 31.4 Å². The first-order valence-corrected chi connectivity index (χ1v) is 6.52. The van der Waals surface area contributed by atoms with Crippen molar-refractivity contribution < 1.29 is 9.72 Å². The predicted molar refractivity (Wildman–Crippen MR) is 71.1 cm³/mol. The van der Waals surface area contributed by atoms with Crippen molar-refractivity contribution in [2.24, 2.45) is 0 Å². The van der Waals surface area contributed by atoms with E-state index in [2.05, 4.69) is 17.3 Å². The molecule has 1 atom stereocenters.